The largest absolute Gasteiger partial charge is 0.756 e. The average molecular weight is 778 g/mol. The minimum atomic E-state index is -4.62. The molecule has 9 nitrogen and oxygen atoms in total. The van der Waals surface area contributed by atoms with Gasteiger partial charge in [-0.25, -0.2) is 0 Å². The number of phosphoric ester groups is 1. The molecule has 0 amide bonds. The number of quaternary nitrogens is 1. The third kappa shape index (κ3) is 39.2. The third-order valence-corrected chi connectivity index (χ3v) is 9.21. The monoisotopic (exact) mass is 778 g/mol. The highest BCUT2D eigenvalue weighted by Gasteiger charge is 2.21. The van der Waals surface area contributed by atoms with Crippen molar-refractivity contribution in [3.63, 3.8) is 0 Å². The van der Waals surface area contributed by atoms with E-state index in [1.807, 2.05) is 21.1 Å². The number of likely N-dealkylation sites (N-methyl/N-ethyl adjacent to an activating group) is 1. The van der Waals surface area contributed by atoms with Gasteiger partial charge in [0.25, 0.3) is 7.82 Å². The van der Waals surface area contributed by atoms with Crippen LogP contribution in [0.2, 0.25) is 0 Å². The maximum Gasteiger partial charge on any atom is 0.306 e. The number of hydrogen-bond acceptors (Lipinski definition) is 8. The first-order chi connectivity index (χ1) is 26.0. The van der Waals surface area contributed by atoms with Crippen LogP contribution in [0.4, 0.5) is 0 Å². The molecule has 0 N–H and O–H groups in total. The lowest BCUT2D eigenvalue weighted by molar-refractivity contribution is -0.870. The first-order valence-electron chi connectivity index (χ1n) is 20.6. The summed E-state index contributed by atoms with van der Waals surface area (Å²) in [6.45, 7) is 3.96. The molecule has 2 atom stereocenters. The quantitative estimate of drug-likeness (QED) is 0.0203. The molecule has 10 heteroatoms. The Morgan fingerprint density at radius 2 is 1.06 bits per heavy atom. The minimum Gasteiger partial charge on any atom is -0.756 e. The molecular formula is C44H76NO8P. The fourth-order valence-electron chi connectivity index (χ4n) is 5.01. The summed E-state index contributed by atoms with van der Waals surface area (Å²) >= 11 is 0. The van der Waals surface area contributed by atoms with Crippen LogP contribution in [0, 0.1) is 0 Å². The molecule has 0 fully saturated rings. The highest BCUT2D eigenvalue weighted by Crippen LogP contribution is 2.38. The summed E-state index contributed by atoms with van der Waals surface area (Å²) in [6.07, 6.45) is 44.1. The Hall–Kier alpha value is -2.55. The summed E-state index contributed by atoms with van der Waals surface area (Å²) in [7, 11) is 1.14. The highest BCUT2D eigenvalue weighted by molar-refractivity contribution is 7.45. The summed E-state index contributed by atoms with van der Waals surface area (Å²) in [5.41, 5.74) is 0. The molecule has 0 aliphatic rings. The second-order valence-electron chi connectivity index (χ2n) is 14.6. The Labute approximate surface area is 329 Å². The molecule has 0 aliphatic carbocycles. The van der Waals surface area contributed by atoms with Gasteiger partial charge < -0.3 is 27.9 Å². The van der Waals surface area contributed by atoms with Crippen molar-refractivity contribution in [2.75, 3.05) is 47.5 Å². The van der Waals surface area contributed by atoms with Gasteiger partial charge in [-0.3, -0.25) is 14.2 Å². The highest BCUT2D eigenvalue weighted by atomic mass is 31.2. The zero-order valence-corrected chi connectivity index (χ0v) is 35.5. The second kappa shape index (κ2) is 36.1. The van der Waals surface area contributed by atoms with Crippen LogP contribution in [0.15, 0.2) is 72.9 Å². The number of phosphoric acid groups is 1. The predicted octanol–water partition coefficient (Wildman–Crippen LogP) is 10.8. The molecule has 0 bridgehead atoms. The molecule has 0 spiro atoms. The van der Waals surface area contributed by atoms with E-state index in [2.05, 4.69) is 86.8 Å². The zero-order chi connectivity index (χ0) is 40.0. The topological polar surface area (TPSA) is 111 Å². The van der Waals surface area contributed by atoms with Crippen LogP contribution >= 0.6 is 7.82 Å². The molecule has 0 aliphatic heterocycles. The number of carbonyl (C=O) groups is 2. The van der Waals surface area contributed by atoms with Crippen LogP contribution in [-0.4, -0.2) is 70.0 Å². The van der Waals surface area contributed by atoms with Crippen LogP contribution in [-0.2, 0) is 32.7 Å². The van der Waals surface area contributed by atoms with E-state index in [1.165, 1.54) is 0 Å². The number of hydrogen-bond donors (Lipinski definition) is 0. The average Bonchev–Trinajstić information content (AvgIpc) is 3.12. The lowest BCUT2D eigenvalue weighted by atomic mass is 10.1. The molecule has 0 rings (SSSR count). The molecule has 54 heavy (non-hydrogen) atoms. The Morgan fingerprint density at radius 3 is 1.57 bits per heavy atom. The molecule has 0 aromatic heterocycles. The van der Waals surface area contributed by atoms with E-state index in [4.69, 9.17) is 18.5 Å². The standard InChI is InChI=1S/C44H76NO8P/c1-6-8-10-12-13-14-15-16-17-18-19-20-21-22-23-24-25-26-27-28-29-30-31-33-35-37-44(47)53-42(40-50-43(46)36-34-32-11-9-7-2)41-52-54(48,49)51-39-38-45(3,4)5/h8,10,13-14,16-17,19-20,22-23,25-26,42H,6-7,9,11-12,15,18,21,24,27-41H2,1-5H3/b10-8-,14-13-,17-16-,20-19-,23-22-,26-25-. The van der Waals surface area contributed by atoms with E-state index in [0.717, 1.165) is 109 Å². The normalized spacial score (nSPS) is 14.4. The van der Waals surface area contributed by atoms with Crippen molar-refractivity contribution in [2.45, 2.75) is 148 Å². The number of esters is 2. The summed E-state index contributed by atoms with van der Waals surface area (Å²) < 4.78 is 33.6. The maximum atomic E-state index is 12.6. The number of allylic oxidation sites excluding steroid dienone is 12. The zero-order valence-electron chi connectivity index (χ0n) is 34.6. The number of unbranched alkanes of at least 4 members (excludes halogenated alkanes) is 10. The van der Waals surface area contributed by atoms with Crippen molar-refractivity contribution in [1.82, 2.24) is 0 Å². The van der Waals surface area contributed by atoms with E-state index >= 15 is 0 Å². The maximum absolute atomic E-state index is 12.6. The van der Waals surface area contributed by atoms with Crippen molar-refractivity contribution in [2.24, 2.45) is 0 Å². The summed E-state index contributed by atoms with van der Waals surface area (Å²) in [5, 5.41) is 0. The number of carbonyl (C=O) groups excluding carboxylic acids is 2. The molecule has 0 heterocycles. The van der Waals surface area contributed by atoms with Gasteiger partial charge in [0.1, 0.15) is 19.8 Å². The lowest BCUT2D eigenvalue weighted by Gasteiger charge is -2.28. The van der Waals surface area contributed by atoms with Gasteiger partial charge in [0.2, 0.25) is 0 Å². The van der Waals surface area contributed by atoms with Gasteiger partial charge in [-0.1, -0.05) is 138 Å². The van der Waals surface area contributed by atoms with Gasteiger partial charge in [0, 0.05) is 12.8 Å². The fraction of sp³-hybridized carbons (Fsp3) is 0.682. The van der Waals surface area contributed by atoms with Crippen LogP contribution in [0.3, 0.4) is 0 Å². The van der Waals surface area contributed by atoms with Gasteiger partial charge in [0.15, 0.2) is 6.10 Å². The summed E-state index contributed by atoms with van der Waals surface area (Å²) in [6, 6.07) is 0. The number of nitrogens with zero attached hydrogens (tertiary/aromatic N) is 1. The predicted molar refractivity (Wildman–Crippen MR) is 222 cm³/mol. The van der Waals surface area contributed by atoms with Crippen molar-refractivity contribution in [3.05, 3.63) is 72.9 Å². The molecule has 2 unspecified atom stereocenters. The Morgan fingerprint density at radius 1 is 0.593 bits per heavy atom. The van der Waals surface area contributed by atoms with Crippen LogP contribution in [0.1, 0.15) is 142 Å². The number of rotatable bonds is 36. The van der Waals surface area contributed by atoms with Crippen molar-refractivity contribution < 1.29 is 42.1 Å². The van der Waals surface area contributed by atoms with E-state index in [-0.39, 0.29) is 26.1 Å². The van der Waals surface area contributed by atoms with Crippen molar-refractivity contribution >= 4 is 19.8 Å². The SMILES string of the molecule is CC/C=C\C/C=C\C/C=C\C/C=C\C/C=C\C/C=C\CCCCCCCCC(=O)OC(COC(=O)CCCCCCC)COP(=O)([O-])OCC[N+](C)(C)C. The summed E-state index contributed by atoms with van der Waals surface area (Å²) in [5.74, 6) is -0.874. The number of ether oxygens (including phenoxy) is 2. The Bertz CT molecular complexity index is 1150. The van der Waals surface area contributed by atoms with E-state index in [9.17, 15) is 19.0 Å². The van der Waals surface area contributed by atoms with Crippen LogP contribution in [0.25, 0.3) is 0 Å². The van der Waals surface area contributed by atoms with Gasteiger partial charge in [-0.05, 0) is 64.2 Å². The molecule has 0 aromatic carbocycles. The van der Waals surface area contributed by atoms with E-state index in [1.54, 1.807) is 0 Å². The van der Waals surface area contributed by atoms with Crippen LogP contribution < -0.4 is 4.89 Å². The van der Waals surface area contributed by atoms with Gasteiger partial charge in [-0.2, -0.15) is 0 Å². The van der Waals surface area contributed by atoms with Crippen molar-refractivity contribution in [1.29, 1.82) is 0 Å². The Kier molecular flexibility index (Phi) is 34.4. The molecule has 0 saturated heterocycles. The van der Waals surface area contributed by atoms with Crippen molar-refractivity contribution in [3.8, 4) is 0 Å². The lowest BCUT2D eigenvalue weighted by Crippen LogP contribution is -2.37. The molecule has 0 saturated carbocycles. The fourth-order valence-corrected chi connectivity index (χ4v) is 5.74. The molecule has 310 valence electrons. The molecule has 0 radical (unpaired) electrons. The smallest absolute Gasteiger partial charge is 0.306 e. The van der Waals surface area contributed by atoms with E-state index < -0.39 is 32.5 Å². The first-order valence-corrected chi connectivity index (χ1v) is 22.1. The van der Waals surface area contributed by atoms with Gasteiger partial charge in [-0.15, -0.1) is 0 Å². The Balaban J connectivity index is 4.22. The van der Waals surface area contributed by atoms with Crippen LogP contribution in [0.5, 0.6) is 0 Å². The van der Waals surface area contributed by atoms with Gasteiger partial charge in [0.05, 0.1) is 27.7 Å². The molecular weight excluding hydrogens is 701 g/mol. The van der Waals surface area contributed by atoms with E-state index in [0.29, 0.717) is 17.4 Å². The molecule has 0 aromatic rings. The summed E-state index contributed by atoms with van der Waals surface area (Å²) in [4.78, 5) is 37.1. The second-order valence-corrected chi connectivity index (χ2v) is 16.0. The third-order valence-electron chi connectivity index (χ3n) is 8.24. The first kappa shape index (κ1) is 51.5. The van der Waals surface area contributed by atoms with Gasteiger partial charge >= 0.3 is 11.9 Å². The minimum absolute atomic E-state index is 0.0374.